The summed E-state index contributed by atoms with van der Waals surface area (Å²) in [6.45, 7) is 5.84. The van der Waals surface area contributed by atoms with E-state index in [4.69, 9.17) is 9.47 Å². The Morgan fingerprint density at radius 2 is 1.62 bits per heavy atom. The standard InChI is InChI=1S/C24H33N3O6S/c1-24(2,3)33-23(29)27-21(16-18-8-6-5-7-9-18)22(28)25-17-19-10-12-20(13-11-19)34(30,31)26-14-15-32-4/h5-13,21,26H,14-17H2,1-4H3,(H,25,28)(H,27,29). The molecule has 2 amide bonds. The highest BCUT2D eigenvalue weighted by Gasteiger charge is 2.24. The van der Waals surface area contributed by atoms with Crippen LogP contribution in [0.2, 0.25) is 0 Å². The maximum atomic E-state index is 12.9. The van der Waals surface area contributed by atoms with Gasteiger partial charge in [0.2, 0.25) is 15.9 Å². The molecule has 0 aliphatic carbocycles. The van der Waals surface area contributed by atoms with E-state index in [1.54, 1.807) is 32.9 Å². The maximum absolute atomic E-state index is 12.9. The highest BCUT2D eigenvalue weighted by atomic mass is 32.2. The van der Waals surface area contributed by atoms with Gasteiger partial charge in [-0.15, -0.1) is 0 Å². The largest absolute Gasteiger partial charge is 0.444 e. The molecule has 0 fully saturated rings. The highest BCUT2D eigenvalue weighted by molar-refractivity contribution is 7.89. The average Bonchev–Trinajstić information content (AvgIpc) is 2.77. The van der Waals surface area contributed by atoms with Crippen molar-refractivity contribution in [2.45, 2.75) is 50.3 Å². The van der Waals surface area contributed by atoms with Crippen LogP contribution in [-0.2, 0) is 37.3 Å². The van der Waals surface area contributed by atoms with Crippen molar-refractivity contribution in [3.63, 3.8) is 0 Å². The number of carbonyl (C=O) groups excluding carboxylic acids is 2. The van der Waals surface area contributed by atoms with Crippen molar-refractivity contribution in [1.29, 1.82) is 0 Å². The Morgan fingerprint density at radius 3 is 2.21 bits per heavy atom. The van der Waals surface area contributed by atoms with Gasteiger partial charge in [0.1, 0.15) is 11.6 Å². The number of sulfonamides is 1. The molecule has 1 unspecified atom stereocenters. The topological polar surface area (TPSA) is 123 Å². The first-order chi connectivity index (χ1) is 16.0. The molecule has 0 bridgehead atoms. The van der Waals surface area contributed by atoms with Crippen LogP contribution >= 0.6 is 0 Å². The zero-order valence-electron chi connectivity index (χ0n) is 20.0. The van der Waals surface area contributed by atoms with Crippen molar-refractivity contribution in [2.24, 2.45) is 0 Å². The van der Waals surface area contributed by atoms with Gasteiger partial charge in [0.15, 0.2) is 0 Å². The fourth-order valence-electron chi connectivity index (χ4n) is 2.97. The van der Waals surface area contributed by atoms with E-state index in [-0.39, 0.29) is 36.9 Å². The Labute approximate surface area is 201 Å². The first-order valence-electron chi connectivity index (χ1n) is 10.9. The van der Waals surface area contributed by atoms with Crippen LogP contribution < -0.4 is 15.4 Å². The molecule has 9 nitrogen and oxygen atoms in total. The monoisotopic (exact) mass is 491 g/mol. The smallest absolute Gasteiger partial charge is 0.408 e. The number of ether oxygens (including phenoxy) is 2. The van der Waals surface area contributed by atoms with Gasteiger partial charge in [-0.25, -0.2) is 17.9 Å². The lowest BCUT2D eigenvalue weighted by Gasteiger charge is -2.23. The molecule has 186 valence electrons. The molecule has 1 atom stereocenters. The first kappa shape index (κ1) is 27.3. The molecule has 10 heteroatoms. The lowest BCUT2D eigenvalue weighted by atomic mass is 10.1. The zero-order valence-corrected chi connectivity index (χ0v) is 20.8. The Kier molecular flexibility index (Phi) is 10.0. The third kappa shape index (κ3) is 9.50. The zero-order chi connectivity index (χ0) is 25.2. The van der Waals surface area contributed by atoms with Gasteiger partial charge in [-0.1, -0.05) is 42.5 Å². The van der Waals surface area contributed by atoms with Gasteiger partial charge in [-0.3, -0.25) is 4.79 Å². The van der Waals surface area contributed by atoms with Gasteiger partial charge in [0.25, 0.3) is 0 Å². The van der Waals surface area contributed by atoms with Gasteiger partial charge in [0.05, 0.1) is 11.5 Å². The van der Waals surface area contributed by atoms with Gasteiger partial charge in [0, 0.05) is 26.6 Å². The van der Waals surface area contributed by atoms with Crippen molar-refractivity contribution in [2.75, 3.05) is 20.3 Å². The predicted molar refractivity (Wildman–Crippen MR) is 129 cm³/mol. The van der Waals surface area contributed by atoms with Crippen molar-refractivity contribution in [1.82, 2.24) is 15.4 Å². The van der Waals surface area contributed by atoms with Crippen LogP contribution in [0.4, 0.5) is 4.79 Å². The second-order valence-corrected chi connectivity index (χ2v) is 10.4. The van der Waals surface area contributed by atoms with Crippen LogP contribution in [0, 0.1) is 0 Å². The molecule has 0 aromatic heterocycles. The summed E-state index contributed by atoms with van der Waals surface area (Å²) >= 11 is 0. The van der Waals surface area contributed by atoms with E-state index in [1.807, 2.05) is 30.3 Å². The lowest BCUT2D eigenvalue weighted by molar-refractivity contribution is -0.123. The normalized spacial score (nSPS) is 12.6. The van der Waals surface area contributed by atoms with Crippen molar-refractivity contribution < 1.29 is 27.5 Å². The number of nitrogens with one attached hydrogen (secondary N) is 3. The number of methoxy groups -OCH3 is 1. The van der Waals surface area contributed by atoms with Crippen LogP contribution in [-0.4, -0.2) is 52.3 Å². The number of rotatable bonds is 11. The first-order valence-corrected chi connectivity index (χ1v) is 12.4. The maximum Gasteiger partial charge on any atom is 0.408 e. The quantitative estimate of drug-likeness (QED) is 0.415. The lowest BCUT2D eigenvalue weighted by Crippen LogP contribution is -2.49. The van der Waals surface area contributed by atoms with E-state index in [0.717, 1.165) is 5.56 Å². The summed E-state index contributed by atoms with van der Waals surface area (Å²) in [6, 6.07) is 14.7. The fourth-order valence-corrected chi connectivity index (χ4v) is 3.98. The average molecular weight is 492 g/mol. The van der Waals surface area contributed by atoms with E-state index < -0.39 is 27.8 Å². The molecule has 2 rings (SSSR count). The van der Waals surface area contributed by atoms with E-state index >= 15 is 0 Å². The third-order valence-corrected chi connectivity index (χ3v) is 6.07. The fraction of sp³-hybridized carbons (Fsp3) is 0.417. The molecule has 0 spiro atoms. The molecule has 0 aliphatic rings. The summed E-state index contributed by atoms with van der Waals surface area (Å²) in [4.78, 5) is 25.3. The molecular formula is C24H33N3O6S. The highest BCUT2D eigenvalue weighted by Crippen LogP contribution is 2.12. The predicted octanol–water partition coefficient (Wildman–Crippen LogP) is 2.36. The Balaban J connectivity index is 2.03. The van der Waals surface area contributed by atoms with E-state index in [9.17, 15) is 18.0 Å². The Morgan fingerprint density at radius 1 is 0.971 bits per heavy atom. The Hall–Kier alpha value is -2.95. The summed E-state index contributed by atoms with van der Waals surface area (Å²) in [7, 11) is -2.14. The van der Waals surface area contributed by atoms with Crippen molar-refractivity contribution in [3.8, 4) is 0 Å². The summed E-state index contributed by atoms with van der Waals surface area (Å²) in [5, 5.41) is 5.44. The second kappa shape index (κ2) is 12.5. The van der Waals surface area contributed by atoms with Crippen LogP contribution in [0.1, 0.15) is 31.9 Å². The number of amides is 2. The molecule has 0 saturated carbocycles. The minimum Gasteiger partial charge on any atom is -0.444 e. The molecule has 0 heterocycles. The van der Waals surface area contributed by atoms with E-state index in [0.29, 0.717) is 5.56 Å². The van der Waals surface area contributed by atoms with Gasteiger partial charge >= 0.3 is 6.09 Å². The Bertz CT molecular complexity index is 1030. The van der Waals surface area contributed by atoms with Crippen molar-refractivity contribution >= 4 is 22.0 Å². The number of carbonyl (C=O) groups is 2. The molecule has 2 aromatic rings. The summed E-state index contributed by atoms with van der Waals surface area (Å²) in [5.41, 5.74) is 0.896. The molecule has 3 N–H and O–H groups in total. The van der Waals surface area contributed by atoms with Crippen molar-refractivity contribution in [3.05, 3.63) is 65.7 Å². The third-order valence-electron chi connectivity index (χ3n) is 4.59. The molecule has 0 saturated heterocycles. The van der Waals surface area contributed by atoms with Crippen LogP contribution in [0.15, 0.2) is 59.5 Å². The minimum absolute atomic E-state index is 0.118. The van der Waals surface area contributed by atoms with Crippen LogP contribution in [0.25, 0.3) is 0 Å². The molecule has 0 radical (unpaired) electrons. The number of alkyl carbamates (subject to hydrolysis) is 1. The number of benzene rings is 2. The minimum atomic E-state index is -3.64. The van der Waals surface area contributed by atoms with Gasteiger partial charge < -0.3 is 20.1 Å². The van der Waals surface area contributed by atoms with Crippen LogP contribution in [0.5, 0.6) is 0 Å². The van der Waals surface area contributed by atoms with E-state index in [2.05, 4.69) is 15.4 Å². The molecular weight excluding hydrogens is 458 g/mol. The van der Waals surface area contributed by atoms with E-state index in [1.165, 1.54) is 19.2 Å². The number of hydrogen-bond acceptors (Lipinski definition) is 6. The van der Waals surface area contributed by atoms with Gasteiger partial charge in [-0.2, -0.15) is 0 Å². The summed E-state index contributed by atoms with van der Waals surface area (Å²) < 4.78 is 37.1. The van der Waals surface area contributed by atoms with Crippen LogP contribution in [0.3, 0.4) is 0 Å². The molecule has 34 heavy (non-hydrogen) atoms. The van der Waals surface area contributed by atoms with Gasteiger partial charge in [-0.05, 0) is 44.0 Å². The number of hydrogen-bond donors (Lipinski definition) is 3. The second-order valence-electron chi connectivity index (χ2n) is 8.64. The SMILES string of the molecule is COCCNS(=O)(=O)c1ccc(CNC(=O)C(Cc2ccccc2)NC(=O)OC(C)(C)C)cc1. The summed E-state index contributed by atoms with van der Waals surface area (Å²) in [6.07, 6.45) is -0.393. The summed E-state index contributed by atoms with van der Waals surface area (Å²) in [5.74, 6) is -0.382. The molecule has 2 aromatic carbocycles. The molecule has 0 aliphatic heterocycles.